The Morgan fingerprint density at radius 1 is 0.947 bits per heavy atom. The van der Waals surface area contributed by atoms with Crippen LogP contribution in [0.3, 0.4) is 0 Å². The molecular weight excluding hydrogens is 234 g/mol. The minimum atomic E-state index is 0.678. The number of nitrogens with one attached hydrogen (secondary N) is 1. The van der Waals surface area contributed by atoms with Gasteiger partial charge in [0.2, 0.25) is 0 Å². The molecule has 0 spiro atoms. The smallest absolute Gasteiger partial charge is 0.0252 e. The molecule has 0 aromatic heterocycles. The van der Waals surface area contributed by atoms with E-state index in [-0.39, 0.29) is 0 Å². The highest BCUT2D eigenvalue weighted by Gasteiger charge is 2.51. The minimum absolute atomic E-state index is 0.678. The van der Waals surface area contributed by atoms with Crippen molar-refractivity contribution in [3.8, 4) is 0 Å². The summed E-state index contributed by atoms with van der Waals surface area (Å²) in [5.74, 6) is 5.12. The van der Waals surface area contributed by atoms with Gasteiger partial charge in [-0.2, -0.15) is 0 Å². The third-order valence-corrected chi connectivity index (χ3v) is 6.61. The third-order valence-electron chi connectivity index (χ3n) is 6.61. The van der Waals surface area contributed by atoms with E-state index < -0.39 is 0 Å². The van der Waals surface area contributed by atoms with E-state index in [9.17, 15) is 0 Å². The van der Waals surface area contributed by atoms with Crippen LogP contribution >= 0.6 is 0 Å². The van der Waals surface area contributed by atoms with Gasteiger partial charge in [-0.25, -0.2) is 0 Å². The second-order valence-corrected chi connectivity index (χ2v) is 7.60. The van der Waals surface area contributed by atoms with Crippen molar-refractivity contribution < 1.29 is 0 Å². The largest absolute Gasteiger partial charge is 0.329 e. The number of nitrogens with zero attached hydrogens (tertiary/aromatic N) is 1. The van der Waals surface area contributed by atoms with E-state index in [2.05, 4.69) is 10.2 Å². The van der Waals surface area contributed by atoms with E-state index in [0.29, 0.717) is 6.04 Å². The Labute approximate surface area is 117 Å². The Kier molecular flexibility index (Phi) is 3.33. The molecule has 1 aliphatic heterocycles. The minimum Gasteiger partial charge on any atom is -0.329 e. The van der Waals surface area contributed by atoms with Gasteiger partial charge in [0, 0.05) is 38.8 Å². The maximum Gasteiger partial charge on any atom is 0.0252 e. The molecule has 3 N–H and O–H groups in total. The molecular formula is C16H29N3. The van der Waals surface area contributed by atoms with Crippen molar-refractivity contribution >= 4 is 0 Å². The Hall–Kier alpha value is -0.120. The number of nitrogens with two attached hydrogens (primary N) is 1. The van der Waals surface area contributed by atoms with E-state index in [1.165, 1.54) is 38.8 Å². The van der Waals surface area contributed by atoms with Crippen molar-refractivity contribution in [2.45, 2.75) is 38.1 Å². The second-order valence-electron chi connectivity index (χ2n) is 7.60. The standard InChI is InChI=1S/C16H29N3/c17-10-15(19-3-1-18-2-4-19)16-13-6-11-5-12(8-13)9-14(16)7-11/h11-16,18H,1-10,17H2. The zero-order valence-electron chi connectivity index (χ0n) is 12.1. The van der Waals surface area contributed by atoms with Gasteiger partial charge >= 0.3 is 0 Å². The zero-order chi connectivity index (χ0) is 12.8. The van der Waals surface area contributed by atoms with Gasteiger partial charge in [-0.3, -0.25) is 4.90 Å². The Morgan fingerprint density at radius 2 is 1.53 bits per heavy atom. The maximum atomic E-state index is 6.22. The summed E-state index contributed by atoms with van der Waals surface area (Å²) in [6, 6.07) is 0.678. The highest BCUT2D eigenvalue weighted by molar-refractivity contribution is 5.02. The molecule has 1 unspecified atom stereocenters. The lowest BCUT2D eigenvalue weighted by Gasteiger charge is -2.58. The summed E-state index contributed by atoms with van der Waals surface area (Å²) >= 11 is 0. The number of piperazine rings is 1. The Balaban J connectivity index is 1.53. The van der Waals surface area contributed by atoms with Crippen LogP contribution in [0.1, 0.15) is 32.1 Å². The molecule has 5 aliphatic rings. The Morgan fingerprint density at radius 3 is 2.05 bits per heavy atom. The van der Waals surface area contributed by atoms with Crippen LogP contribution < -0.4 is 11.1 Å². The van der Waals surface area contributed by atoms with Crippen LogP contribution in [-0.4, -0.2) is 43.7 Å². The number of rotatable bonds is 3. The maximum absolute atomic E-state index is 6.22. The molecule has 3 nitrogen and oxygen atoms in total. The van der Waals surface area contributed by atoms with Gasteiger partial charge in [-0.15, -0.1) is 0 Å². The molecule has 0 aromatic carbocycles. The van der Waals surface area contributed by atoms with Crippen LogP contribution in [0.15, 0.2) is 0 Å². The summed E-state index contributed by atoms with van der Waals surface area (Å²) in [6.45, 7) is 5.62. The summed E-state index contributed by atoms with van der Waals surface area (Å²) in [7, 11) is 0. The lowest BCUT2D eigenvalue weighted by Crippen LogP contribution is -2.59. The van der Waals surface area contributed by atoms with Crippen molar-refractivity contribution in [3.63, 3.8) is 0 Å². The van der Waals surface area contributed by atoms with Crippen molar-refractivity contribution in [2.75, 3.05) is 32.7 Å². The summed E-state index contributed by atoms with van der Waals surface area (Å²) in [5, 5.41) is 3.48. The first-order valence-corrected chi connectivity index (χ1v) is 8.50. The van der Waals surface area contributed by atoms with Gasteiger partial charge in [0.15, 0.2) is 0 Å². The Bertz CT molecular complexity index is 296. The lowest BCUT2D eigenvalue weighted by molar-refractivity contribution is -0.0737. The number of hydrogen-bond donors (Lipinski definition) is 2. The molecule has 108 valence electrons. The average Bonchev–Trinajstić information content (AvgIpc) is 2.43. The lowest BCUT2D eigenvalue weighted by atomic mass is 9.50. The van der Waals surface area contributed by atoms with E-state index in [0.717, 1.165) is 49.2 Å². The molecule has 1 saturated heterocycles. The molecule has 4 aliphatic carbocycles. The van der Waals surface area contributed by atoms with Gasteiger partial charge in [0.1, 0.15) is 0 Å². The summed E-state index contributed by atoms with van der Waals surface area (Å²) < 4.78 is 0. The second kappa shape index (κ2) is 5.01. The fourth-order valence-electron chi connectivity index (χ4n) is 6.16. The van der Waals surface area contributed by atoms with Crippen LogP contribution in [0.25, 0.3) is 0 Å². The normalized spacial score (nSPS) is 47.5. The van der Waals surface area contributed by atoms with Gasteiger partial charge in [0.25, 0.3) is 0 Å². The average molecular weight is 263 g/mol. The predicted octanol–water partition coefficient (Wildman–Crippen LogP) is 1.29. The molecule has 19 heavy (non-hydrogen) atoms. The molecule has 4 saturated carbocycles. The van der Waals surface area contributed by atoms with Crippen molar-refractivity contribution in [1.82, 2.24) is 10.2 Å². The van der Waals surface area contributed by atoms with Gasteiger partial charge in [0.05, 0.1) is 0 Å². The van der Waals surface area contributed by atoms with E-state index in [4.69, 9.17) is 5.73 Å². The fraction of sp³-hybridized carbons (Fsp3) is 1.00. The van der Waals surface area contributed by atoms with Crippen LogP contribution in [0.4, 0.5) is 0 Å². The topological polar surface area (TPSA) is 41.3 Å². The predicted molar refractivity (Wildman–Crippen MR) is 77.8 cm³/mol. The molecule has 0 aromatic rings. The highest BCUT2D eigenvalue weighted by atomic mass is 15.2. The van der Waals surface area contributed by atoms with Crippen LogP contribution in [0.2, 0.25) is 0 Å². The van der Waals surface area contributed by atoms with Crippen molar-refractivity contribution in [1.29, 1.82) is 0 Å². The van der Waals surface area contributed by atoms with E-state index in [1.54, 1.807) is 6.42 Å². The summed E-state index contributed by atoms with van der Waals surface area (Å²) in [4.78, 5) is 2.71. The highest BCUT2D eigenvalue weighted by Crippen LogP contribution is 2.57. The van der Waals surface area contributed by atoms with Gasteiger partial charge < -0.3 is 11.1 Å². The quantitative estimate of drug-likeness (QED) is 0.806. The first-order chi connectivity index (χ1) is 9.35. The van der Waals surface area contributed by atoms with Gasteiger partial charge in [-0.05, 0) is 61.7 Å². The van der Waals surface area contributed by atoms with Gasteiger partial charge in [-0.1, -0.05) is 0 Å². The molecule has 0 amide bonds. The van der Waals surface area contributed by atoms with Crippen LogP contribution in [0, 0.1) is 29.6 Å². The number of hydrogen-bond acceptors (Lipinski definition) is 3. The van der Waals surface area contributed by atoms with Crippen LogP contribution in [-0.2, 0) is 0 Å². The summed E-state index contributed by atoms with van der Waals surface area (Å²) in [5.41, 5.74) is 6.22. The molecule has 5 fully saturated rings. The van der Waals surface area contributed by atoms with Crippen molar-refractivity contribution in [3.05, 3.63) is 0 Å². The van der Waals surface area contributed by atoms with Crippen LogP contribution in [0.5, 0.6) is 0 Å². The molecule has 5 rings (SSSR count). The molecule has 3 heteroatoms. The van der Waals surface area contributed by atoms with E-state index in [1.807, 2.05) is 0 Å². The molecule has 4 bridgehead atoms. The summed E-state index contributed by atoms with van der Waals surface area (Å²) in [6.07, 6.45) is 7.67. The molecule has 1 heterocycles. The third kappa shape index (κ3) is 2.14. The monoisotopic (exact) mass is 263 g/mol. The molecule has 1 atom stereocenters. The van der Waals surface area contributed by atoms with E-state index >= 15 is 0 Å². The first-order valence-electron chi connectivity index (χ1n) is 8.50. The molecule has 0 radical (unpaired) electrons. The zero-order valence-corrected chi connectivity index (χ0v) is 12.1. The SMILES string of the molecule is NCC(C1C2CC3CC(C2)CC1C3)N1CCNCC1. The van der Waals surface area contributed by atoms with Crippen molar-refractivity contribution in [2.24, 2.45) is 35.3 Å². The fourth-order valence-corrected chi connectivity index (χ4v) is 6.16. The first kappa shape index (κ1) is 12.6.